The predicted octanol–water partition coefficient (Wildman–Crippen LogP) is 27.5. The molecule has 3 N–H and O–H groups in total. The number of unbranched alkanes of at least 4 members (excludes halogenated alkanes) is 58. The first-order valence-electron chi connectivity index (χ1n) is 41.1. The molecule has 0 aromatic rings. The molecule has 0 saturated carbocycles. The minimum absolute atomic E-state index is 0.0563. The van der Waals surface area contributed by atoms with Gasteiger partial charge in [-0.25, -0.2) is 4.57 Å². The van der Waals surface area contributed by atoms with E-state index >= 15 is 0 Å². The average Bonchev–Trinajstić information content (AvgIpc) is 3.70. The number of hydrogen-bond donors (Lipinski definition) is 2. The SMILES string of the molecule is CC/C=C\C/C=C\C/C=C\C/C=C\CCCCCCCCCCCCCCCCCCCCCCCCC(=O)OC(COC(=O)CCCCCCCCCCCCCCCCCCCCCCCCCCCCCCCCCCCCCCC)COP(=O)(O)OCCN. The number of nitrogens with two attached hydrogens (primary N) is 1. The summed E-state index contributed by atoms with van der Waals surface area (Å²) in [6.45, 7) is 3.72. The number of carbonyl (C=O) groups is 2. The van der Waals surface area contributed by atoms with Gasteiger partial charge in [-0.1, -0.05) is 422 Å². The lowest BCUT2D eigenvalue weighted by Crippen LogP contribution is -2.29. The first kappa shape index (κ1) is 91.0. The molecular weight excluding hydrogens is 1170 g/mol. The number of ether oxygens (including phenoxy) is 2. The van der Waals surface area contributed by atoms with Crippen molar-refractivity contribution in [3.8, 4) is 0 Å². The maximum absolute atomic E-state index is 12.8. The van der Waals surface area contributed by atoms with Crippen molar-refractivity contribution in [2.24, 2.45) is 5.73 Å². The van der Waals surface area contributed by atoms with Crippen LogP contribution in [0, 0.1) is 0 Å². The number of carbonyl (C=O) groups excluding carboxylic acids is 2. The third kappa shape index (κ3) is 78.8. The van der Waals surface area contributed by atoms with E-state index in [2.05, 4.69) is 62.5 Å². The molecule has 548 valence electrons. The topological polar surface area (TPSA) is 134 Å². The lowest BCUT2D eigenvalue weighted by Gasteiger charge is -2.19. The van der Waals surface area contributed by atoms with Gasteiger partial charge in [-0.3, -0.25) is 18.6 Å². The van der Waals surface area contributed by atoms with E-state index in [1.54, 1.807) is 0 Å². The third-order valence-electron chi connectivity index (χ3n) is 18.7. The van der Waals surface area contributed by atoms with Crippen molar-refractivity contribution in [2.75, 3.05) is 26.4 Å². The number of hydrogen-bond acceptors (Lipinski definition) is 8. The van der Waals surface area contributed by atoms with Crippen molar-refractivity contribution < 1.29 is 37.6 Å². The lowest BCUT2D eigenvalue weighted by molar-refractivity contribution is -0.161. The van der Waals surface area contributed by atoms with E-state index in [0.717, 1.165) is 57.8 Å². The molecule has 0 spiro atoms. The van der Waals surface area contributed by atoms with Gasteiger partial charge in [-0.2, -0.15) is 0 Å². The molecule has 0 aliphatic carbocycles. The summed E-state index contributed by atoms with van der Waals surface area (Å²) < 4.78 is 33.3. The molecule has 0 radical (unpaired) electrons. The molecule has 0 rings (SSSR count). The van der Waals surface area contributed by atoms with E-state index < -0.39 is 26.5 Å². The number of esters is 2. The summed E-state index contributed by atoms with van der Waals surface area (Å²) in [7, 11) is -4.39. The van der Waals surface area contributed by atoms with Crippen molar-refractivity contribution in [1.29, 1.82) is 0 Å². The van der Waals surface area contributed by atoms with Crippen LogP contribution in [0.4, 0.5) is 0 Å². The Hall–Kier alpha value is -2.03. The van der Waals surface area contributed by atoms with Gasteiger partial charge in [0, 0.05) is 19.4 Å². The molecule has 0 saturated heterocycles. The van der Waals surface area contributed by atoms with Crippen LogP contribution in [0.5, 0.6) is 0 Å². The van der Waals surface area contributed by atoms with Crippen molar-refractivity contribution in [3.63, 3.8) is 0 Å². The van der Waals surface area contributed by atoms with Crippen molar-refractivity contribution in [1.82, 2.24) is 0 Å². The van der Waals surface area contributed by atoms with Gasteiger partial charge in [-0.05, 0) is 51.4 Å². The van der Waals surface area contributed by atoms with Crippen LogP contribution in [0.25, 0.3) is 0 Å². The Bertz CT molecular complexity index is 1670. The Morgan fingerprint density at radius 2 is 0.591 bits per heavy atom. The molecule has 0 heterocycles. The minimum Gasteiger partial charge on any atom is -0.462 e. The van der Waals surface area contributed by atoms with Gasteiger partial charge in [0.1, 0.15) is 6.61 Å². The van der Waals surface area contributed by atoms with E-state index in [-0.39, 0.29) is 38.6 Å². The predicted molar refractivity (Wildman–Crippen MR) is 404 cm³/mol. The van der Waals surface area contributed by atoms with E-state index in [1.165, 1.54) is 347 Å². The summed E-state index contributed by atoms with van der Waals surface area (Å²) in [4.78, 5) is 35.5. The maximum atomic E-state index is 12.8. The molecule has 10 heteroatoms. The summed E-state index contributed by atoms with van der Waals surface area (Å²) in [5.41, 5.74) is 5.42. The molecule has 9 nitrogen and oxygen atoms in total. The largest absolute Gasteiger partial charge is 0.472 e. The smallest absolute Gasteiger partial charge is 0.462 e. The van der Waals surface area contributed by atoms with Crippen LogP contribution in [0.1, 0.15) is 438 Å². The third-order valence-corrected chi connectivity index (χ3v) is 19.7. The second-order valence-electron chi connectivity index (χ2n) is 28.0. The van der Waals surface area contributed by atoms with E-state index in [1.807, 2.05) is 0 Å². The van der Waals surface area contributed by atoms with Crippen LogP contribution in [-0.2, 0) is 32.7 Å². The van der Waals surface area contributed by atoms with Gasteiger partial charge in [0.05, 0.1) is 13.2 Å². The fourth-order valence-electron chi connectivity index (χ4n) is 12.7. The van der Waals surface area contributed by atoms with Crippen LogP contribution < -0.4 is 5.73 Å². The van der Waals surface area contributed by atoms with Gasteiger partial charge >= 0.3 is 19.8 Å². The maximum Gasteiger partial charge on any atom is 0.472 e. The minimum atomic E-state index is -4.39. The zero-order chi connectivity index (χ0) is 67.2. The summed E-state index contributed by atoms with van der Waals surface area (Å²) in [6.07, 6.45) is 103. The highest BCUT2D eigenvalue weighted by Gasteiger charge is 2.26. The van der Waals surface area contributed by atoms with Crippen LogP contribution in [0.15, 0.2) is 48.6 Å². The second-order valence-corrected chi connectivity index (χ2v) is 29.4. The van der Waals surface area contributed by atoms with Gasteiger partial charge in [0.2, 0.25) is 0 Å². The van der Waals surface area contributed by atoms with Gasteiger partial charge < -0.3 is 20.1 Å². The molecule has 0 aliphatic rings. The fraction of sp³-hybridized carbons (Fsp3) is 0.880. The molecule has 0 aromatic carbocycles. The highest BCUT2D eigenvalue weighted by Crippen LogP contribution is 2.43. The number of allylic oxidation sites excluding steroid dienone is 8. The van der Waals surface area contributed by atoms with Gasteiger partial charge in [0.25, 0.3) is 0 Å². The normalized spacial score (nSPS) is 13.0. The summed E-state index contributed by atoms with van der Waals surface area (Å²) >= 11 is 0. The number of phosphoric acid groups is 1. The molecule has 0 fully saturated rings. The van der Waals surface area contributed by atoms with E-state index in [9.17, 15) is 19.0 Å². The molecule has 0 aromatic heterocycles. The second kappa shape index (κ2) is 79.0. The van der Waals surface area contributed by atoms with Crippen molar-refractivity contribution in [2.45, 2.75) is 444 Å². The first-order chi connectivity index (χ1) is 45.8. The molecule has 2 atom stereocenters. The van der Waals surface area contributed by atoms with Crippen LogP contribution in [-0.4, -0.2) is 49.3 Å². The Morgan fingerprint density at radius 3 is 0.882 bits per heavy atom. The van der Waals surface area contributed by atoms with E-state index in [4.69, 9.17) is 24.3 Å². The molecule has 0 amide bonds. The average molecular weight is 1330 g/mol. The van der Waals surface area contributed by atoms with Crippen molar-refractivity contribution in [3.05, 3.63) is 48.6 Å². The Kier molecular flexibility index (Phi) is 77.2. The summed E-state index contributed by atoms with van der Waals surface area (Å²) in [5.74, 6) is -0.800. The Labute approximate surface area is 578 Å². The molecule has 0 aliphatic heterocycles. The molecular formula is C83H158NO8P. The fourth-order valence-corrected chi connectivity index (χ4v) is 13.5. The summed E-state index contributed by atoms with van der Waals surface area (Å²) in [6, 6.07) is 0. The molecule has 2 unspecified atom stereocenters. The first-order valence-corrected chi connectivity index (χ1v) is 42.6. The standard InChI is InChI=1S/C83H158NO8P/c1-3-5-7-9-11-13-15-17-19-21-23-25-27-29-31-33-35-37-39-40-42-43-45-47-49-51-53-55-57-59-61-63-65-67-69-71-73-75-82(85)89-79-81(80-91-93(87,88)90-78-77-84)92-83(86)76-74-72-70-68-66-64-62-60-58-56-54-52-50-48-46-44-41-38-36-34-32-30-28-26-24-22-20-18-16-14-12-10-8-6-4-2/h6,8,12,14,18,20,24,26,81H,3-5,7,9-11,13,15-17,19,21-23,25,27-80,84H2,1-2H3,(H,87,88)/b8-6-,14-12-,20-18-,26-24-. The number of phosphoric ester groups is 1. The monoisotopic (exact) mass is 1330 g/mol. The summed E-state index contributed by atoms with van der Waals surface area (Å²) in [5, 5.41) is 0. The molecule has 93 heavy (non-hydrogen) atoms. The van der Waals surface area contributed by atoms with Crippen LogP contribution in [0.2, 0.25) is 0 Å². The van der Waals surface area contributed by atoms with Gasteiger partial charge in [0.15, 0.2) is 6.10 Å². The van der Waals surface area contributed by atoms with Crippen molar-refractivity contribution >= 4 is 19.8 Å². The Morgan fingerprint density at radius 1 is 0.333 bits per heavy atom. The lowest BCUT2D eigenvalue weighted by atomic mass is 10.0. The van der Waals surface area contributed by atoms with Crippen LogP contribution >= 0.6 is 7.82 Å². The highest BCUT2D eigenvalue weighted by atomic mass is 31.2. The van der Waals surface area contributed by atoms with Gasteiger partial charge in [-0.15, -0.1) is 0 Å². The quantitative estimate of drug-likeness (QED) is 0.0264. The Balaban J connectivity index is 3.73. The highest BCUT2D eigenvalue weighted by molar-refractivity contribution is 7.47. The molecule has 0 bridgehead atoms. The van der Waals surface area contributed by atoms with Crippen LogP contribution in [0.3, 0.4) is 0 Å². The zero-order valence-corrected chi connectivity index (χ0v) is 62.9. The number of rotatable bonds is 79. The van der Waals surface area contributed by atoms with E-state index in [0.29, 0.717) is 6.42 Å². The zero-order valence-electron chi connectivity index (χ0n) is 62.0.